The number of carbonyl (C=O) groups is 1. The normalized spacial score (nSPS) is 34.3. The molecule has 38 heavy (non-hydrogen) atoms. The standard InChI is InChI=1S/C31H39N3O4/c1-17-3-6-23(35)14-26(17)31-7-8-33(16-19-4-5-19)18(2)27(31)10-20-9-25(29(37)32-28(20)15-31)30(38)34-21-11-22(34)13-24(36)12-21/h3,6,9,14,18-19,21-22,24,27,35-36H,4-5,7-8,10-13,15-16H2,1-2H3,(H,32,37). The van der Waals surface area contributed by atoms with Gasteiger partial charge >= 0.3 is 0 Å². The second-order valence-electron chi connectivity index (χ2n) is 13.0. The van der Waals surface area contributed by atoms with Gasteiger partial charge in [-0.1, -0.05) is 6.07 Å². The first-order valence-corrected chi connectivity index (χ1v) is 14.5. The minimum atomic E-state index is -0.343. The number of aromatic hydroxyl groups is 1. The van der Waals surface area contributed by atoms with Crippen LogP contribution in [0, 0.1) is 18.8 Å². The summed E-state index contributed by atoms with van der Waals surface area (Å²) < 4.78 is 0. The third-order valence-corrected chi connectivity index (χ3v) is 10.7. The fourth-order valence-corrected chi connectivity index (χ4v) is 8.48. The number of nitrogens with zero attached hydrogens (tertiary/aromatic N) is 2. The number of carbonyl (C=O) groups excluding carboxylic acids is 1. The molecule has 4 fully saturated rings. The lowest BCUT2D eigenvalue weighted by atomic mass is 9.55. The van der Waals surface area contributed by atoms with Crippen molar-refractivity contribution < 1.29 is 15.0 Å². The molecule has 3 saturated heterocycles. The number of hydrogen-bond donors (Lipinski definition) is 3. The number of aliphatic hydroxyl groups is 1. The molecule has 202 valence electrons. The topological polar surface area (TPSA) is 96.9 Å². The van der Waals surface area contributed by atoms with E-state index in [-0.39, 0.29) is 46.4 Å². The van der Waals surface area contributed by atoms with Gasteiger partial charge in [-0.3, -0.25) is 9.59 Å². The van der Waals surface area contributed by atoms with E-state index in [1.807, 2.05) is 23.1 Å². The van der Waals surface area contributed by atoms with Gasteiger partial charge in [-0.05, 0) is 118 Å². The number of H-pyrrole nitrogens is 1. The summed E-state index contributed by atoms with van der Waals surface area (Å²) in [6.07, 6.45) is 6.95. The van der Waals surface area contributed by atoms with Crippen molar-refractivity contribution in [2.24, 2.45) is 11.8 Å². The van der Waals surface area contributed by atoms with Gasteiger partial charge < -0.3 is 25.0 Å². The van der Waals surface area contributed by atoms with Crippen molar-refractivity contribution in [3.8, 4) is 5.75 Å². The van der Waals surface area contributed by atoms with E-state index in [1.54, 1.807) is 6.07 Å². The third-order valence-electron chi connectivity index (χ3n) is 10.7. The number of fused-ring (bicyclic) bond motifs is 4. The number of pyridine rings is 1. The number of aromatic amines is 1. The zero-order valence-electron chi connectivity index (χ0n) is 22.4. The third kappa shape index (κ3) is 3.76. The molecule has 3 aliphatic heterocycles. The predicted octanol–water partition coefficient (Wildman–Crippen LogP) is 3.28. The van der Waals surface area contributed by atoms with Crippen molar-refractivity contribution in [3.05, 3.63) is 62.6 Å². The molecule has 2 bridgehead atoms. The molecule has 0 spiro atoms. The number of phenols is 1. The van der Waals surface area contributed by atoms with E-state index in [4.69, 9.17) is 0 Å². The first-order valence-electron chi connectivity index (χ1n) is 14.5. The number of amides is 1. The number of benzene rings is 1. The molecule has 7 heteroatoms. The zero-order valence-corrected chi connectivity index (χ0v) is 22.4. The Labute approximate surface area is 223 Å². The van der Waals surface area contributed by atoms with Crippen LogP contribution in [0.5, 0.6) is 5.75 Å². The van der Waals surface area contributed by atoms with Crippen LogP contribution in [0.1, 0.15) is 78.2 Å². The zero-order chi connectivity index (χ0) is 26.3. The molecule has 2 aliphatic carbocycles. The number of aliphatic hydroxyl groups excluding tert-OH is 1. The van der Waals surface area contributed by atoms with E-state index in [1.165, 1.54) is 24.0 Å². The summed E-state index contributed by atoms with van der Waals surface area (Å²) in [6, 6.07) is 8.05. The molecule has 5 unspecified atom stereocenters. The number of piperidine rings is 2. The van der Waals surface area contributed by atoms with Gasteiger partial charge in [0, 0.05) is 35.8 Å². The average molecular weight is 518 g/mol. The predicted molar refractivity (Wildman–Crippen MR) is 144 cm³/mol. The van der Waals surface area contributed by atoms with Crippen LogP contribution in [-0.2, 0) is 18.3 Å². The average Bonchev–Trinajstić information content (AvgIpc) is 3.70. The monoisotopic (exact) mass is 517 g/mol. The summed E-state index contributed by atoms with van der Waals surface area (Å²) >= 11 is 0. The maximum absolute atomic E-state index is 13.5. The van der Waals surface area contributed by atoms with Crippen LogP contribution in [0.4, 0.5) is 0 Å². The van der Waals surface area contributed by atoms with Crippen LogP contribution >= 0.6 is 0 Å². The van der Waals surface area contributed by atoms with Gasteiger partial charge in [0.25, 0.3) is 11.5 Å². The second kappa shape index (κ2) is 8.68. The molecular formula is C31H39N3O4. The Hall–Kier alpha value is -2.64. The fourth-order valence-electron chi connectivity index (χ4n) is 8.48. The van der Waals surface area contributed by atoms with Gasteiger partial charge in [0.2, 0.25) is 0 Å². The maximum atomic E-state index is 13.5. The Morgan fingerprint density at radius 2 is 1.92 bits per heavy atom. The van der Waals surface area contributed by atoms with Gasteiger partial charge in [-0.15, -0.1) is 0 Å². The molecule has 3 N–H and O–H groups in total. The molecule has 1 amide bonds. The van der Waals surface area contributed by atoms with E-state index in [2.05, 4.69) is 23.7 Å². The number of likely N-dealkylation sites (tertiary alicyclic amines) is 1. The molecule has 0 radical (unpaired) electrons. The molecule has 4 heterocycles. The number of rotatable bonds is 4. The highest BCUT2D eigenvalue weighted by Gasteiger charge is 2.52. The number of nitrogens with one attached hydrogen (secondary N) is 1. The van der Waals surface area contributed by atoms with Gasteiger partial charge in [-0.2, -0.15) is 0 Å². The van der Waals surface area contributed by atoms with Crippen LogP contribution in [0.15, 0.2) is 29.1 Å². The van der Waals surface area contributed by atoms with E-state index < -0.39 is 0 Å². The molecule has 7 nitrogen and oxygen atoms in total. The van der Waals surface area contributed by atoms with Crippen LogP contribution < -0.4 is 5.56 Å². The molecule has 5 aliphatic rings. The van der Waals surface area contributed by atoms with Crippen LogP contribution in [0.2, 0.25) is 0 Å². The SMILES string of the molecule is Cc1ccc(O)cc1C12CCN(CC3CC3)C(C)C1Cc1cc(C(=O)N3C4CC(O)CC3C4)c(=O)[nH]c1C2. The van der Waals surface area contributed by atoms with Gasteiger partial charge in [0.05, 0.1) is 6.10 Å². The summed E-state index contributed by atoms with van der Waals surface area (Å²) in [5.74, 6) is 1.24. The first kappa shape index (κ1) is 24.4. The van der Waals surface area contributed by atoms with Crippen molar-refractivity contribution in [1.82, 2.24) is 14.8 Å². The number of aromatic nitrogens is 1. The van der Waals surface area contributed by atoms with Crippen LogP contribution in [-0.4, -0.2) is 68.2 Å². The van der Waals surface area contributed by atoms with E-state index in [9.17, 15) is 19.8 Å². The van der Waals surface area contributed by atoms with Crippen molar-refractivity contribution in [2.75, 3.05) is 13.1 Å². The minimum Gasteiger partial charge on any atom is -0.508 e. The summed E-state index contributed by atoms with van der Waals surface area (Å²) in [6.45, 7) is 6.65. The summed E-state index contributed by atoms with van der Waals surface area (Å²) in [5.41, 5.74) is 4.16. The second-order valence-corrected chi connectivity index (χ2v) is 13.0. The highest BCUT2D eigenvalue weighted by Crippen LogP contribution is 2.51. The molecular weight excluding hydrogens is 478 g/mol. The number of aryl methyl sites for hydroxylation is 1. The van der Waals surface area contributed by atoms with Crippen molar-refractivity contribution >= 4 is 5.91 Å². The Morgan fingerprint density at radius 3 is 2.66 bits per heavy atom. The Balaban J connectivity index is 1.27. The molecule has 5 atom stereocenters. The largest absolute Gasteiger partial charge is 0.508 e. The Kier molecular flexibility index (Phi) is 5.58. The van der Waals surface area contributed by atoms with Crippen molar-refractivity contribution in [2.45, 2.75) is 94.9 Å². The first-order chi connectivity index (χ1) is 18.2. The van der Waals surface area contributed by atoms with Crippen LogP contribution in [0.3, 0.4) is 0 Å². The Morgan fingerprint density at radius 1 is 1.16 bits per heavy atom. The van der Waals surface area contributed by atoms with Crippen molar-refractivity contribution in [1.29, 1.82) is 0 Å². The highest BCUT2D eigenvalue weighted by atomic mass is 16.3. The number of hydrogen-bond acceptors (Lipinski definition) is 5. The molecule has 7 rings (SSSR count). The summed E-state index contributed by atoms with van der Waals surface area (Å²) in [7, 11) is 0. The van der Waals surface area contributed by atoms with Gasteiger partial charge in [0.1, 0.15) is 11.3 Å². The highest BCUT2D eigenvalue weighted by molar-refractivity contribution is 5.95. The van der Waals surface area contributed by atoms with E-state index in [0.29, 0.717) is 31.2 Å². The Bertz CT molecular complexity index is 1340. The van der Waals surface area contributed by atoms with Gasteiger partial charge in [0.15, 0.2) is 0 Å². The molecule has 1 saturated carbocycles. The minimum absolute atomic E-state index is 0.0439. The van der Waals surface area contributed by atoms with E-state index in [0.717, 1.165) is 49.5 Å². The summed E-state index contributed by atoms with van der Waals surface area (Å²) in [5, 5.41) is 20.5. The number of phenolic OH excluding ortho intramolecular Hbond substituents is 1. The summed E-state index contributed by atoms with van der Waals surface area (Å²) in [4.78, 5) is 34.5. The maximum Gasteiger partial charge on any atom is 0.261 e. The van der Waals surface area contributed by atoms with Gasteiger partial charge in [-0.25, -0.2) is 0 Å². The van der Waals surface area contributed by atoms with Crippen LogP contribution in [0.25, 0.3) is 0 Å². The lowest BCUT2D eigenvalue weighted by molar-refractivity contribution is -0.0597. The lowest BCUT2D eigenvalue weighted by Crippen LogP contribution is -2.64. The fraction of sp³-hybridized carbons (Fsp3) is 0.613. The quantitative estimate of drug-likeness (QED) is 0.579. The molecule has 1 aromatic heterocycles. The smallest absolute Gasteiger partial charge is 0.261 e. The van der Waals surface area contributed by atoms with E-state index >= 15 is 0 Å². The van der Waals surface area contributed by atoms with Crippen molar-refractivity contribution in [3.63, 3.8) is 0 Å². The lowest BCUT2D eigenvalue weighted by Gasteiger charge is -2.55. The molecule has 1 aromatic carbocycles. The molecule has 2 aromatic rings.